The number of aliphatic hydroxyl groups is 1. The summed E-state index contributed by atoms with van der Waals surface area (Å²) in [4.78, 5) is 0. The normalized spacial score (nSPS) is 11.5. The van der Waals surface area contributed by atoms with Crippen molar-refractivity contribution >= 4 is 0 Å². The molecule has 0 fully saturated rings. The van der Waals surface area contributed by atoms with E-state index in [0.717, 1.165) is 5.56 Å². The van der Waals surface area contributed by atoms with Crippen LogP contribution in [0.5, 0.6) is 5.75 Å². The van der Waals surface area contributed by atoms with E-state index in [1.165, 1.54) is 0 Å². The Morgan fingerprint density at radius 1 is 1.44 bits per heavy atom. The maximum Gasteiger partial charge on any atom is 0.282 e. The minimum Gasteiger partial charge on any atom is -0.497 e. The van der Waals surface area contributed by atoms with Crippen molar-refractivity contribution in [2.45, 2.75) is 12.5 Å². The van der Waals surface area contributed by atoms with Gasteiger partial charge in [0.05, 0.1) is 13.7 Å². The van der Waals surface area contributed by atoms with Crippen molar-refractivity contribution in [3.05, 3.63) is 29.8 Å². The molecule has 0 aliphatic heterocycles. The summed E-state index contributed by atoms with van der Waals surface area (Å²) >= 11 is 0. The Bertz CT molecular complexity index is 332. The number of halogens is 2. The molecule has 0 unspecified atom stereocenters. The Balaban J connectivity index is 2.42. The molecule has 90 valence electrons. The van der Waals surface area contributed by atoms with Crippen molar-refractivity contribution in [1.82, 2.24) is 5.32 Å². The first-order valence-corrected chi connectivity index (χ1v) is 4.90. The Labute approximate surface area is 93.0 Å². The van der Waals surface area contributed by atoms with Crippen molar-refractivity contribution in [2.24, 2.45) is 0 Å². The van der Waals surface area contributed by atoms with E-state index in [2.05, 4.69) is 5.32 Å². The Morgan fingerprint density at radius 3 is 2.81 bits per heavy atom. The van der Waals surface area contributed by atoms with E-state index in [1.54, 1.807) is 25.3 Å². The molecule has 0 aliphatic carbocycles. The molecule has 0 heterocycles. The molecule has 0 aliphatic rings. The summed E-state index contributed by atoms with van der Waals surface area (Å²) in [5.41, 5.74) is 0.855. The van der Waals surface area contributed by atoms with Crippen molar-refractivity contribution in [2.75, 3.05) is 20.3 Å². The summed E-state index contributed by atoms with van der Waals surface area (Å²) in [6.07, 6.45) is 0. The number of hydrogen-bond donors (Lipinski definition) is 2. The molecule has 0 atom stereocenters. The van der Waals surface area contributed by atoms with Crippen LogP contribution in [0, 0.1) is 0 Å². The molecule has 0 aromatic heterocycles. The quantitative estimate of drug-likeness (QED) is 0.777. The molecule has 1 aromatic carbocycles. The first kappa shape index (κ1) is 12.9. The van der Waals surface area contributed by atoms with Gasteiger partial charge in [-0.2, -0.15) is 0 Å². The van der Waals surface area contributed by atoms with E-state index in [9.17, 15) is 8.78 Å². The van der Waals surface area contributed by atoms with Crippen LogP contribution in [-0.2, 0) is 6.54 Å². The summed E-state index contributed by atoms with van der Waals surface area (Å²) < 4.78 is 30.3. The van der Waals surface area contributed by atoms with Crippen LogP contribution < -0.4 is 10.1 Å². The largest absolute Gasteiger partial charge is 0.497 e. The second kappa shape index (κ2) is 5.77. The molecule has 0 amide bonds. The summed E-state index contributed by atoms with van der Waals surface area (Å²) in [5, 5.41) is 10.9. The van der Waals surface area contributed by atoms with Crippen LogP contribution in [0.3, 0.4) is 0 Å². The zero-order valence-corrected chi connectivity index (χ0v) is 9.04. The molecule has 0 saturated carbocycles. The highest BCUT2D eigenvalue weighted by atomic mass is 19.3. The monoisotopic (exact) mass is 231 g/mol. The second-order valence-electron chi connectivity index (χ2n) is 3.47. The number of nitrogens with one attached hydrogen (secondary N) is 1. The van der Waals surface area contributed by atoms with Crippen LogP contribution in [0.1, 0.15) is 5.56 Å². The molecule has 0 saturated heterocycles. The number of benzene rings is 1. The lowest BCUT2D eigenvalue weighted by molar-refractivity contribution is -0.0477. The fourth-order valence-corrected chi connectivity index (χ4v) is 1.23. The van der Waals surface area contributed by atoms with Gasteiger partial charge in [-0.3, -0.25) is 0 Å². The number of hydrogen-bond acceptors (Lipinski definition) is 3. The predicted octanol–water partition coefficient (Wildman–Crippen LogP) is 1.41. The van der Waals surface area contributed by atoms with Gasteiger partial charge in [-0.15, -0.1) is 0 Å². The lowest BCUT2D eigenvalue weighted by Gasteiger charge is -2.14. The Kier molecular flexibility index (Phi) is 4.64. The number of ether oxygens (including phenoxy) is 1. The van der Waals surface area contributed by atoms with E-state index >= 15 is 0 Å². The molecule has 3 nitrogen and oxygen atoms in total. The first-order valence-electron chi connectivity index (χ1n) is 4.90. The molecule has 1 aromatic rings. The van der Waals surface area contributed by atoms with Crippen LogP contribution in [0.25, 0.3) is 0 Å². The predicted molar refractivity (Wildman–Crippen MR) is 56.7 cm³/mol. The van der Waals surface area contributed by atoms with Crippen LogP contribution in [0.4, 0.5) is 8.78 Å². The standard InChI is InChI=1S/C11H15F2NO2/c1-16-10-4-2-3-9(5-10)6-14-7-11(12,13)8-15/h2-5,14-15H,6-8H2,1H3. The minimum atomic E-state index is -3.07. The van der Waals surface area contributed by atoms with Crippen molar-refractivity contribution in [3.8, 4) is 5.75 Å². The van der Waals surface area contributed by atoms with Gasteiger partial charge in [0.25, 0.3) is 5.92 Å². The maximum absolute atomic E-state index is 12.7. The molecular weight excluding hydrogens is 216 g/mol. The molecule has 1 rings (SSSR count). The fraction of sp³-hybridized carbons (Fsp3) is 0.455. The van der Waals surface area contributed by atoms with E-state index in [4.69, 9.17) is 9.84 Å². The molecular formula is C11H15F2NO2. The van der Waals surface area contributed by atoms with Gasteiger partial charge < -0.3 is 15.2 Å². The second-order valence-corrected chi connectivity index (χ2v) is 3.47. The smallest absolute Gasteiger partial charge is 0.282 e. The molecule has 0 spiro atoms. The Morgan fingerprint density at radius 2 is 2.19 bits per heavy atom. The maximum atomic E-state index is 12.7. The van der Waals surface area contributed by atoms with Gasteiger partial charge >= 0.3 is 0 Å². The zero-order valence-electron chi connectivity index (χ0n) is 9.04. The number of alkyl halides is 2. The van der Waals surface area contributed by atoms with E-state index < -0.39 is 19.1 Å². The third-order valence-corrected chi connectivity index (χ3v) is 2.08. The summed E-state index contributed by atoms with van der Waals surface area (Å²) in [5.74, 6) is -2.38. The molecule has 2 N–H and O–H groups in total. The van der Waals surface area contributed by atoms with Crippen molar-refractivity contribution in [3.63, 3.8) is 0 Å². The van der Waals surface area contributed by atoms with Gasteiger partial charge in [0.15, 0.2) is 0 Å². The highest BCUT2D eigenvalue weighted by Gasteiger charge is 2.26. The average Bonchev–Trinajstić information content (AvgIpc) is 2.29. The van der Waals surface area contributed by atoms with Gasteiger partial charge in [-0.05, 0) is 17.7 Å². The summed E-state index contributed by atoms with van der Waals surface area (Å²) in [7, 11) is 1.55. The number of rotatable bonds is 6. The lowest BCUT2D eigenvalue weighted by atomic mass is 10.2. The molecule has 5 heteroatoms. The third kappa shape index (κ3) is 4.12. The third-order valence-electron chi connectivity index (χ3n) is 2.08. The highest BCUT2D eigenvalue weighted by Crippen LogP contribution is 2.13. The summed E-state index contributed by atoms with van der Waals surface area (Å²) in [6, 6.07) is 7.16. The van der Waals surface area contributed by atoms with Crippen LogP contribution >= 0.6 is 0 Å². The van der Waals surface area contributed by atoms with Gasteiger partial charge in [0.2, 0.25) is 0 Å². The molecule has 0 bridgehead atoms. The molecule has 16 heavy (non-hydrogen) atoms. The zero-order chi connectivity index (χ0) is 12.0. The van der Waals surface area contributed by atoms with Gasteiger partial charge in [0, 0.05) is 6.54 Å². The van der Waals surface area contributed by atoms with Gasteiger partial charge in [-0.1, -0.05) is 12.1 Å². The van der Waals surface area contributed by atoms with E-state index in [0.29, 0.717) is 12.3 Å². The topological polar surface area (TPSA) is 41.5 Å². The van der Waals surface area contributed by atoms with Crippen molar-refractivity contribution < 1.29 is 18.6 Å². The lowest BCUT2D eigenvalue weighted by Crippen LogP contribution is -2.35. The number of methoxy groups -OCH3 is 1. The van der Waals surface area contributed by atoms with Crippen LogP contribution in [0.15, 0.2) is 24.3 Å². The Hall–Kier alpha value is -1.20. The van der Waals surface area contributed by atoms with Crippen LogP contribution in [-0.4, -0.2) is 31.3 Å². The fourth-order valence-electron chi connectivity index (χ4n) is 1.23. The van der Waals surface area contributed by atoms with E-state index in [1.807, 2.05) is 6.07 Å². The van der Waals surface area contributed by atoms with Gasteiger partial charge in [0.1, 0.15) is 12.4 Å². The van der Waals surface area contributed by atoms with Gasteiger partial charge in [-0.25, -0.2) is 8.78 Å². The highest BCUT2D eigenvalue weighted by molar-refractivity contribution is 5.28. The van der Waals surface area contributed by atoms with Crippen LogP contribution in [0.2, 0.25) is 0 Å². The average molecular weight is 231 g/mol. The number of aliphatic hydroxyl groups excluding tert-OH is 1. The molecule has 0 radical (unpaired) electrons. The van der Waals surface area contributed by atoms with Crippen molar-refractivity contribution in [1.29, 1.82) is 0 Å². The first-order chi connectivity index (χ1) is 7.57. The van der Waals surface area contributed by atoms with E-state index in [-0.39, 0.29) is 0 Å². The SMILES string of the molecule is COc1cccc(CNCC(F)(F)CO)c1. The summed E-state index contributed by atoms with van der Waals surface area (Å²) in [6.45, 7) is -1.37. The minimum absolute atomic E-state index is 0.312.